The van der Waals surface area contributed by atoms with Gasteiger partial charge in [0.2, 0.25) is 0 Å². The van der Waals surface area contributed by atoms with Crippen LogP contribution in [0, 0.1) is 5.92 Å². The molecule has 1 heterocycles. The Kier molecular flexibility index (Phi) is 5.03. The maximum atomic E-state index is 12.2. The van der Waals surface area contributed by atoms with Crippen molar-refractivity contribution in [3.05, 3.63) is 24.0 Å². The average Bonchev–Trinajstić information content (AvgIpc) is 2.35. The van der Waals surface area contributed by atoms with Gasteiger partial charge < -0.3 is 15.7 Å². The summed E-state index contributed by atoms with van der Waals surface area (Å²) in [7, 11) is 0. The highest BCUT2D eigenvalue weighted by Gasteiger charge is 2.20. The number of pyridine rings is 1. The minimum absolute atomic E-state index is 0.0621. The Morgan fingerprint density at radius 1 is 1.67 bits per heavy atom. The summed E-state index contributed by atoms with van der Waals surface area (Å²) in [6.07, 6.45) is 2.72. The number of hydrogen-bond donors (Lipinski definition) is 2. The minimum Gasteiger partial charge on any atom is -0.505 e. The van der Waals surface area contributed by atoms with Crippen molar-refractivity contribution in [2.75, 3.05) is 13.1 Å². The van der Waals surface area contributed by atoms with E-state index in [1.165, 1.54) is 18.5 Å². The van der Waals surface area contributed by atoms with E-state index in [4.69, 9.17) is 18.0 Å². The lowest BCUT2D eigenvalue weighted by Crippen LogP contribution is -2.38. The monoisotopic (exact) mass is 267 g/mol. The van der Waals surface area contributed by atoms with Crippen LogP contribution in [0.4, 0.5) is 0 Å². The van der Waals surface area contributed by atoms with Crippen LogP contribution in [0.15, 0.2) is 18.5 Å². The van der Waals surface area contributed by atoms with Gasteiger partial charge in [0.25, 0.3) is 5.91 Å². The molecule has 1 rings (SSSR count). The zero-order chi connectivity index (χ0) is 13.7. The first-order chi connectivity index (χ1) is 8.47. The molecule has 0 spiro atoms. The second-order valence-electron chi connectivity index (χ2n) is 4.04. The van der Waals surface area contributed by atoms with E-state index in [9.17, 15) is 9.90 Å². The molecule has 0 aromatic carbocycles. The number of amides is 1. The van der Waals surface area contributed by atoms with E-state index in [1.807, 2.05) is 13.8 Å². The van der Waals surface area contributed by atoms with Crippen molar-refractivity contribution in [3.63, 3.8) is 0 Å². The molecule has 98 valence electrons. The number of carbonyl (C=O) groups is 1. The molecule has 0 saturated heterocycles. The highest BCUT2D eigenvalue weighted by molar-refractivity contribution is 7.80. The molecule has 0 bridgehead atoms. The molecule has 3 N–H and O–H groups in total. The molecule has 18 heavy (non-hydrogen) atoms. The maximum absolute atomic E-state index is 12.2. The van der Waals surface area contributed by atoms with E-state index in [2.05, 4.69) is 4.98 Å². The summed E-state index contributed by atoms with van der Waals surface area (Å²) < 4.78 is 0. The Balaban J connectivity index is 2.86. The summed E-state index contributed by atoms with van der Waals surface area (Å²) in [6.45, 7) is 4.69. The van der Waals surface area contributed by atoms with E-state index < -0.39 is 0 Å². The average molecular weight is 267 g/mol. The van der Waals surface area contributed by atoms with Crippen molar-refractivity contribution in [1.82, 2.24) is 9.88 Å². The molecule has 0 fully saturated rings. The first kappa shape index (κ1) is 14.4. The zero-order valence-electron chi connectivity index (χ0n) is 10.5. The largest absolute Gasteiger partial charge is 0.505 e. The van der Waals surface area contributed by atoms with Gasteiger partial charge in [0, 0.05) is 25.2 Å². The number of hydrogen-bond acceptors (Lipinski definition) is 4. The van der Waals surface area contributed by atoms with Gasteiger partial charge in [-0.3, -0.25) is 9.78 Å². The number of nitrogens with zero attached hydrogens (tertiary/aromatic N) is 2. The molecule has 6 heteroatoms. The number of aromatic hydroxyl groups is 1. The summed E-state index contributed by atoms with van der Waals surface area (Å²) in [5.74, 6) is -0.433. The molecule has 0 saturated carbocycles. The van der Waals surface area contributed by atoms with E-state index in [-0.39, 0.29) is 23.1 Å². The predicted molar refractivity (Wildman–Crippen MR) is 73.4 cm³/mol. The molecule has 0 aliphatic heterocycles. The van der Waals surface area contributed by atoms with Crippen molar-refractivity contribution in [2.45, 2.75) is 13.8 Å². The Bertz CT molecular complexity index is 451. The summed E-state index contributed by atoms with van der Waals surface area (Å²) in [4.78, 5) is 17.9. The molecule has 0 radical (unpaired) electrons. The fraction of sp³-hybridized carbons (Fsp3) is 0.417. The predicted octanol–water partition coefficient (Wildman–Crippen LogP) is 1.17. The third-order valence-electron chi connectivity index (χ3n) is 2.68. The van der Waals surface area contributed by atoms with Crippen LogP contribution in [0.1, 0.15) is 24.2 Å². The van der Waals surface area contributed by atoms with Gasteiger partial charge in [0.15, 0.2) is 0 Å². The van der Waals surface area contributed by atoms with Gasteiger partial charge in [-0.1, -0.05) is 19.1 Å². The molecule has 1 unspecified atom stereocenters. The van der Waals surface area contributed by atoms with Crippen LogP contribution < -0.4 is 5.73 Å². The lowest BCUT2D eigenvalue weighted by Gasteiger charge is -2.24. The highest BCUT2D eigenvalue weighted by Crippen LogP contribution is 2.17. The second-order valence-corrected chi connectivity index (χ2v) is 4.51. The lowest BCUT2D eigenvalue weighted by molar-refractivity contribution is 0.0751. The normalized spacial score (nSPS) is 11.9. The van der Waals surface area contributed by atoms with Crippen LogP contribution in [0.3, 0.4) is 0 Å². The third-order valence-corrected chi connectivity index (χ3v) is 3.08. The summed E-state index contributed by atoms with van der Waals surface area (Å²) in [5.41, 5.74) is 5.78. The molecule has 1 aromatic rings. The van der Waals surface area contributed by atoms with E-state index in [0.29, 0.717) is 18.1 Å². The minimum atomic E-state index is -0.250. The Hall–Kier alpha value is -1.69. The Labute approximate surface area is 112 Å². The van der Waals surface area contributed by atoms with E-state index in [1.54, 1.807) is 4.90 Å². The van der Waals surface area contributed by atoms with Crippen LogP contribution in [-0.4, -0.2) is 39.0 Å². The van der Waals surface area contributed by atoms with Gasteiger partial charge in [-0.05, 0) is 13.0 Å². The SMILES string of the molecule is CCN(CC(C)C(N)=S)C(=O)c1ccncc1O. The zero-order valence-corrected chi connectivity index (χ0v) is 11.3. The van der Waals surface area contributed by atoms with Crippen molar-refractivity contribution >= 4 is 23.1 Å². The Morgan fingerprint density at radius 2 is 2.33 bits per heavy atom. The van der Waals surface area contributed by atoms with Gasteiger partial charge >= 0.3 is 0 Å². The highest BCUT2D eigenvalue weighted by atomic mass is 32.1. The number of rotatable bonds is 5. The smallest absolute Gasteiger partial charge is 0.257 e. The number of thiocarbonyl (C=S) groups is 1. The van der Waals surface area contributed by atoms with Gasteiger partial charge in [0.1, 0.15) is 5.75 Å². The van der Waals surface area contributed by atoms with Gasteiger partial charge in [-0.25, -0.2) is 0 Å². The molecule has 5 nitrogen and oxygen atoms in total. The maximum Gasteiger partial charge on any atom is 0.257 e. The fourth-order valence-corrected chi connectivity index (χ4v) is 1.59. The van der Waals surface area contributed by atoms with Crippen LogP contribution in [0.5, 0.6) is 5.75 Å². The standard InChI is InChI=1S/C12H17N3O2S/c1-3-15(7-8(2)11(13)18)12(17)9-4-5-14-6-10(9)16/h4-6,8,16H,3,7H2,1-2H3,(H2,13,18). The van der Waals surface area contributed by atoms with Crippen LogP contribution in [0.2, 0.25) is 0 Å². The van der Waals surface area contributed by atoms with Gasteiger partial charge in [-0.15, -0.1) is 0 Å². The number of carbonyl (C=O) groups excluding carboxylic acids is 1. The molecular formula is C12H17N3O2S. The van der Waals surface area contributed by atoms with Crippen molar-refractivity contribution in [2.24, 2.45) is 11.7 Å². The van der Waals surface area contributed by atoms with Gasteiger partial charge in [-0.2, -0.15) is 0 Å². The molecule has 1 aromatic heterocycles. The summed E-state index contributed by atoms with van der Waals surface area (Å²) in [6, 6.07) is 1.49. The van der Waals surface area contributed by atoms with Crippen LogP contribution in [0.25, 0.3) is 0 Å². The van der Waals surface area contributed by atoms with Crippen molar-refractivity contribution in [1.29, 1.82) is 0 Å². The molecule has 0 aliphatic carbocycles. The molecular weight excluding hydrogens is 250 g/mol. The van der Waals surface area contributed by atoms with Crippen LogP contribution >= 0.6 is 12.2 Å². The quantitative estimate of drug-likeness (QED) is 0.783. The number of nitrogens with two attached hydrogens (primary N) is 1. The third kappa shape index (κ3) is 3.40. The van der Waals surface area contributed by atoms with Crippen molar-refractivity contribution in [3.8, 4) is 5.75 Å². The Morgan fingerprint density at radius 3 is 2.83 bits per heavy atom. The summed E-state index contributed by atoms with van der Waals surface area (Å²) >= 11 is 4.89. The first-order valence-electron chi connectivity index (χ1n) is 5.69. The van der Waals surface area contributed by atoms with Crippen LogP contribution in [-0.2, 0) is 0 Å². The number of aromatic nitrogens is 1. The fourth-order valence-electron chi connectivity index (χ4n) is 1.51. The molecule has 0 aliphatic rings. The second kappa shape index (κ2) is 6.30. The molecule has 1 amide bonds. The summed E-state index contributed by atoms with van der Waals surface area (Å²) in [5, 5.41) is 9.61. The molecule has 1 atom stereocenters. The van der Waals surface area contributed by atoms with E-state index in [0.717, 1.165) is 0 Å². The van der Waals surface area contributed by atoms with E-state index >= 15 is 0 Å². The first-order valence-corrected chi connectivity index (χ1v) is 6.09. The lowest BCUT2D eigenvalue weighted by atomic mass is 10.1. The topological polar surface area (TPSA) is 79.5 Å². The van der Waals surface area contributed by atoms with Gasteiger partial charge in [0.05, 0.1) is 16.7 Å². The van der Waals surface area contributed by atoms with Crippen molar-refractivity contribution < 1.29 is 9.90 Å².